The molecule has 0 aliphatic heterocycles. The molecule has 1 aliphatic carbocycles. The highest BCUT2D eigenvalue weighted by molar-refractivity contribution is 7.22. The average Bonchev–Trinajstić information content (AvgIpc) is 3.43. The van der Waals surface area contributed by atoms with Crippen LogP contribution in [0.2, 0.25) is 5.02 Å². The predicted molar refractivity (Wildman–Crippen MR) is 113 cm³/mol. The van der Waals surface area contributed by atoms with E-state index in [9.17, 15) is 9.59 Å². The van der Waals surface area contributed by atoms with Crippen LogP contribution in [0.5, 0.6) is 0 Å². The molecule has 0 bridgehead atoms. The minimum atomic E-state index is -0.459. The van der Waals surface area contributed by atoms with E-state index in [1.165, 1.54) is 15.9 Å². The van der Waals surface area contributed by atoms with Gasteiger partial charge in [-0.05, 0) is 48.9 Å². The number of nitrogens with zero attached hydrogens (tertiary/aromatic N) is 2. The predicted octanol–water partition coefficient (Wildman–Crippen LogP) is 4.64. The summed E-state index contributed by atoms with van der Waals surface area (Å²) in [6, 6.07) is 9.26. The Kier molecular flexibility index (Phi) is 4.00. The van der Waals surface area contributed by atoms with Crippen LogP contribution in [-0.2, 0) is 0 Å². The van der Waals surface area contributed by atoms with Crippen LogP contribution < -0.4 is 11.2 Å². The molecule has 0 spiro atoms. The number of nitrogens with one attached hydrogen (secondary N) is 1. The maximum atomic E-state index is 13.2. The Balaban J connectivity index is 1.74. The van der Waals surface area contributed by atoms with Crippen molar-refractivity contribution in [1.82, 2.24) is 14.5 Å². The van der Waals surface area contributed by atoms with Gasteiger partial charge >= 0.3 is 5.69 Å². The average molecular weight is 410 g/mol. The first-order valence-corrected chi connectivity index (χ1v) is 10.2. The highest BCUT2D eigenvalue weighted by Crippen LogP contribution is 2.42. The van der Waals surface area contributed by atoms with Crippen molar-refractivity contribution < 1.29 is 0 Å². The smallest absolute Gasteiger partial charge is 0.306 e. The molecule has 1 saturated carbocycles. The van der Waals surface area contributed by atoms with Crippen LogP contribution in [0, 0.1) is 6.92 Å². The Bertz CT molecular complexity index is 1350. The van der Waals surface area contributed by atoms with Gasteiger partial charge in [-0.3, -0.25) is 9.78 Å². The molecule has 0 unspecified atom stereocenters. The molecule has 0 amide bonds. The lowest BCUT2D eigenvalue weighted by Crippen LogP contribution is -2.33. The Morgan fingerprint density at radius 2 is 2.00 bits per heavy atom. The van der Waals surface area contributed by atoms with Gasteiger partial charge in [0, 0.05) is 21.7 Å². The van der Waals surface area contributed by atoms with Crippen molar-refractivity contribution in [1.29, 1.82) is 0 Å². The van der Waals surface area contributed by atoms with Crippen LogP contribution in [0.4, 0.5) is 0 Å². The van der Waals surface area contributed by atoms with E-state index in [4.69, 9.17) is 11.6 Å². The zero-order chi connectivity index (χ0) is 19.4. The molecular formula is C21H16ClN3O2S. The summed E-state index contributed by atoms with van der Waals surface area (Å²) in [6.45, 7) is 1.95. The SMILES string of the molecule is Cc1c(C2CC2)cncc1-n1c(=O)[nH]c2cc(-c3ccccc3Cl)sc2c1=O. The number of fused-ring (bicyclic) bond motifs is 1. The summed E-state index contributed by atoms with van der Waals surface area (Å²) in [5.41, 5.74) is 3.17. The van der Waals surface area contributed by atoms with Crippen molar-refractivity contribution in [2.45, 2.75) is 25.7 Å². The van der Waals surface area contributed by atoms with E-state index in [0.29, 0.717) is 26.8 Å². The van der Waals surface area contributed by atoms with E-state index in [-0.39, 0.29) is 5.56 Å². The number of benzene rings is 1. The van der Waals surface area contributed by atoms with Crippen LogP contribution in [0.15, 0.2) is 52.3 Å². The molecule has 1 aromatic carbocycles. The van der Waals surface area contributed by atoms with Crippen molar-refractivity contribution in [2.24, 2.45) is 0 Å². The molecule has 1 N–H and O–H groups in total. The summed E-state index contributed by atoms with van der Waals surface area (Å²) in [4.78, 5) is 34.0. The van der Waals surface area contributed by atoms with Crippen LogP contribution in [0.3, 0.4) is 0 Å². The van der Waals surface area contributed by atoms with Gasteiger partial charge < -0.3 is 4.98 Å². The second kappa shape index (κ2) is 6.43. The molecule has 1 aliphatic rings. The van der Waals surface area contributed by atoms with Gasteiger partial charge in [-0.2, -0.15) is 0 Å². The number of aromatic amines is 1. The van der Waals surface area contributed by atoms with Gasteiger partial charge in [0.05, 0.1) is 17.4 Å². The van der Waals surface area contributed by atoms with E-state index >= 15 is 0 Å². The fourth-order valence-corrected chi connectivity index (χ4v) is 4.96. The van der Waals surface area contributed by atoms with E-state index in [1.807, 2.05) is 31.3 Å². The summed E-state index contributed by atoms with van der Waals surface area (Å²) in [6.07, 6.45) is 5.69. The van der Waals surface area contributed by atoms with E-state index in [1.54, 1.807) is 18.3 Å². The summed E-state index contributed by atoms with van der Waals surface area (Å²) in [5.74, 6) is 0.486. The van der Waals surface area contributed by atoms with E-state index in [0.717, 1.165) is 34.4 Å². The van der Waals surface area contributed by atoms with Gasteiger partial charge in [0.1, 0.15) is 4.70 Å². The number of hydrogen-bond acceptors (Lipinski definition) is 4. The number of rotatable bonds is 3. The quantitative estimate of drug-likeness (QED) is 0.536. The standard InChI is InChI=1S/C21H16ClN3O2S/c1-11-14(12-6-7-12)9-23-10-17(11)25-20(26)19-16(24-21(25)27)8-18(28-19)13-4-2-3-5-15(13)22/h2-5,8-10,12H,6-7H2,1H3,(H,24,27). The highest BCUT2D eigenvalue weighted by atomic mass is 35.5. The molecule has 3 heterocycles. The summed E-state index contributed by atoms with van der Waals surface area (Å²) >= 11 is 7.63. The van der Waals surface area contributed by atoms with Gasteiger partial charge in [0.15, 0.2) is 0 Å². The lowest BCUT2D eigenvalue weighted by molar-refractivity contribution is 0.879. The van der Waals surface area contributed by atoms with Gasteiger partial charge in [-0.1, -0.05) is 29.8 Å². The largest absolute Gasteiger partial charge is 0.333 e. The fraction of sp³-hybridized carbons (Fsp3) is 0.190. The fourth-order valence-electron chi connectivity index (χ4n) is 3.58. The normalized spacial score (nSPS) is 13.9. The number of hydrogen-bond donors (Lipinski definition) is 1. The third-order valence-corrected chi connectivity index (χ3v) is 6.69. The topological polar surface area (TPSA) is 67.8 Å². The second-order valence-electron chi connectivity index (χ2n) is 7.05. The molecular weight excluding hydrogens is 394 g/mol. The zero-order valence-electron chi connectivity index (χ0n) is 15.0. The third-order valence-electron chi connectivity index (χ3n) is 5.20. The molecule has 7 heteroatoms. The third kappa shape index (κ3) is 2.72. The Morgan fingerprint density at radius 1 is 1.21 bits per heavy atom. The van der Waals surface area contributed by atoms with Gasteiger partial charge in [0.25, 0.3) is 5.56 Å². The first-order valence-electron chi connectivity index (χ1n) is 9.03. The monoisotopic (exact) mass is 409 g/mol. The molecule has 0 radical (unpaired) electrons. The molecule has 4 aromatic rings. The Morgan fingerprint density at radius 3 is 2.75 bits per heavy atom. The Hall–Kier alpha value is -2.70. The Labute approximate surface area is 169 Å². The number of thiophene rings is 1. The minimum Gasteiger partial charge on any atom is -0.306 e. The van der Waals surface area contributed by atoms with Crippen LogP contribution in [0.25, 0.3) is 26.3 Å². The molecule has 5 nitrogen and oxygen atoms in total. The number of halogens is 1. The summed E-state index contributed by atoms with van der Waals surface area (Å²) in [5, 5.41) is 0.605. The molecule has 28 heavy (non-hydrogen) atoms. The maximum Gasteiger partial charge on any atom is 0.333 e. The van der Waals surface area contributed by atoms with Gasteiger partial charge in [0.2, 0.25) is 0 Å². The summed E-state index contributed by atoms with van der Waals surface area (Å²) in [7, 11) is 0. The van der Waals surface area contributed by atoms with Crippen molar-refractivity contribution in [3.8, 4) is 16.1 Å². The number of aromatic nitrogens is 3. The minimum absolute atomic E-state index is 0.333. The lowest BCUT2D eigenvalue weighted by Gasteiger charge is -2.11. The second-order valence-corrected chi connectivity index (χ2v) is 8.51. The van der Waals surface area contributed by atoms with E-state index < -0.39 is 5.69 Å². The molecule has 3 aromatic heterocycles. The molecule has 1 fully saturated rings. The molecule has 0 atom stereocenters. The van der Waals surface area contributed by atoms with Crippen LogP contribution in [-0.4, -0.2) is 14.5 Å². The number of H-pyrrole nitrogens is 1. The first kappa shape index (κ1) is 17.4. The number of pyridine rings is 1. The summed E-state index contributed by atoms with van der Waals surface area (Å²) < 4.78 is 1.69. The highest BCUT2D eigenvalue weighted by Gasteiger charge is 2.27. The van der Waals surface area contributed by atoms with Crippen molar-refractivity contribution in [2.75, 3.05) is 0 Å². The molecule has 5 rings (SSSR count). The van der Waals surface area contributed by atoms with Crippen LogP contribution >= 0.6 is 22.9 Å². The van der Waals surface area contributed by atoms with E-state index in [2.05, 4.69) is 9.97 Å². The maximum absolute atomic E-state index is 13.2. The molecule has 0 saturated heterocycles. The first-order chi connectivity index (χ1) is 13.5. The lowest BCUT2D eigenvalue weighted by atomic mass is 10.1. The van der Waals surface area contributed by atoms with Gasteiger partial charge in [-0.25, -0.2) is 9.36 Å². The van der Waals surface area contributed by atoms with Gasteiger partial charge in [-0.15, -0.1) is 11.3 Å². The zero-order valence-corrected chi connectivity index (χ0v) is 16.6. The van der Waals surface area contributed by atoms with Crippen LogP contribution in [0.1, 0.15) is 29.9 Å². The van der Waals surface area contributed by atoms with Crippen molar-refractivity contribution in [3.05, 3.63) is 79.7 Å². The van der Waals surface area contributed by atoms with Crippen molar-refractivity contribution >= 4 is 33.2 Å². The van der Waals surface area contributed by atoms with Crippen molar-refractivity contribution in [3.63, 3.8) is 0 Å². The molecule has 140 valence electrons.